The molecule has 0 bridgehead atoms. The van der Waals surface area contributed by atoms with E-state index in [-0.39, 0.29) is 12.3 Å². The summed E-state index contributed by atoms with van der Waals surface area (Å²) in [6, 6.07) is 9.59. The quantitative estimate of drug-likeness (QED) is 0.428. The first-order chi connectivity index (χ1) is 14.2. The van der Waals surface area contributed by atoms with Crippen molar-refractivity contribution < 1.29 is 9.32 Å². The molecule has 9 heteroatoms. The standard InChI is InChI=1S/C20H15N5O2S2/c26-17(5-6-18-23-19(24-27-18)14-7-9-28-12-14)21-15-3-1-13(2-4-15)16-11-25-8-10-29-20(25)22-16/h1-4,7-12H,5-6H2,(H,21,26). The number of aryl methyl sites for hydroxylation is 1. The molecule has 144 valence electrons. The van der Waals surface area contributed by atoms with E-state index in [0.29, 0.717) is 18.1 Å². The van der Waals surface area contributed by atoms with Crippen molar-refractivity contribution in [2.45, 2.75) is 12.8 Å². The Kier molecular flexibility index (Phi) is 4.66. The van der Waals surface area contributed by atoms with Gasteiger partial charge >= 0.3 is 0 Å². The van der Waals surface area contributed by atoms with Gasteiger partial charge in [0.15, 0.2) is 4.96 Å². The van der Waals surface area contributed by atoms with Crippen LogP contribution in [0.25, 0.3) is 27.6 Å². The molecule has 29 heavy (non-hydrogen) atoms. The van der Waals surface area contributed by atoms with E-state index in [2.05, 4.69) is 20.4 Å². The number of hydrogen-bond donors (Lipinski definition) is 1. The summed E-state index contributed by atoms with van der Waals surface area (Å²) in [4.78, 5) is 22.1. The van der Waals surface area contributed by atoms with Crippen LogP contribution in [0.3, 0.4) is 0 Å². The number of fused-ring (bicyclic) bond motifs is 1. The second-order valence-electron chi connectivity index (χ2n) is 6.37. The van der Waals surface area contributed by atoms with Gasteiger partial charge < -0.3 is 9.84 Å². The molecule has 4 heterocycles. The van der Waals surface area contributed by atoms with Crippen LogP contribution in [0.5, 0.6) is 0 Å². The molecule has 1 amide bonds. The fraction of sp³-hybridized carbons (Fsp3) is 0.100. The Labute approximate surface area is 173 Å². The molecule has 5 rings (SSSR count). The molecule has 0 saturated heterocycles. The molecule has 0 radical (unpaired) electrons. The Bertz CT molecular complexity index is 1220. The minimum atomic E-state index is -0.101. The fourth-order valence-electron chi connectivity index (χ4n) is 2.90. The van der Waals surface area contributed by atoms with E-state index in [4.69, 9.17) is 4.52 Å². The van der Waals surface area contributed by atoms with Gasteiger partial charge in [0.2, 0.25) is 17.6 Å². The van der Waals surface area contributed by atoms with Crippen molar-refractivity contribution >= 4 is 39.2 Å². The topological polar surface area (TPSA) is 85.3 Å². The Hall–Kier alpha value is -3.30. The third-order valence-corrected chi connectivity index (χ3v) is 5.83. The van der Waals surface area contributed by atoms with E-state index in [1.54, 1.807) is 22.7 Å². The van der Waals surface area contributed by atoms with Crippen molar-refractivity contribution in [2.24, 2.45) is 0 Å². The lowest BCUT2D eigenvalue weighted by atomic mass is 10.1. The number of thiazole rings is 1. The largest absolute Gasteiger partial charge is 0.339 e. The van der Waals surface area contributed by atoms with Crippen molar-refractivity contribution in [1.29, 1.82) is 0 Å². The average molecular weight is 422 g/mol. The molecule has 0 saturated carbocycles. The van der Waals surface area contributed by atoms with E-state index in [1.165, 1.54) is 0 Å². The van der Waals surface area contributed by atoms with E-state index in [0.717, 1.165) is 27.5 Å². The lowest BCUT2D eigenvalue weighted by Crippen LogP contribution is -2.12. The number of nitrogens with zero attached hydrogens (tertiary/aromatic N) is 4. The highest BCUT2D eigenvalue weighted by Crippen LogP contribution is 2.23. The normalized spacial score (nSPS) is 11.2. The van der Waals surface area contributed by atoms with Gasteiger partial charge in [0.05, 0.1) is 5.69 Å². The van der Waals surface area contributed by atoms with Gasteiger partial charge in [-0.15, -0.1) is 11.3 Å². The summed E-state index contributed by atoms with van der Waals surface area (Å²) in [5.74, 6) is 0.906. The molecule has 0 fully saturated rings. The van der Waals surface area contributed by atoms with E-state index in [1.807, 2.05) is 63.3 Å². The second kappa shape index (κ2) is 7.61. The maximum Gasteiger partial charge on any atom is 0.227 e. The number of carbonyl (C=O) groups is 1. The molecule has 0 spiro atoms. The fourth-order valence-corrected chi connectivity index (χ4v) is 4.23. The molecule has 0 aliphatic heterocycles. The van der Waals surface area contributed by atoms with Crippen LogP contribution in [-0.2, 0) is 11.2 Å². The van der Waals surface area contributed by atoms with Gasteiger partial charge in [-0.25, -0.2) is 4.98 Å². The van der Waals surface area contributed by atoms with Crippen molar-refractivity contribution in [3.05, 3.63) is 64.8 Å². The number of aromatic nitrogens is 4. The van der Waals surface area contributed by atoms with Gasteiger partial charge in [-0.3, -0.25) is 9.20 Å². The smallest absolute Gasteiger partial charge is 0.227 e. The summed E-state index contributed by atoms with van der Waals surface area (Å²) in [6.45, 7) is 0. The van der Waals surface area contributed by atoms with Gasteiger partial charge in [-0.05, 0) is 23.6 Å². The predicted molar refractivity (Wildman–Crippen MR) is 113 cm³/mol. The Balaban J connectivity index is 1.18. The van der Waals surface area contributed by atoms with Gasteiger partial charge in [0.1, 0.15) is 0 Å². The SMILES string of the molecule is O=C(CCc1nc(-c2ccsc2)no1)Nc1ccc(-c2cn3ccsc3n2)cc1. The van der Waals surface area contributed by atoms with Crippen LogP contribution in [0, 0.1) is 0 Å². The molecule has 1 N–H and O–H groups in total. The highest BCUT2D eigenvalue weighted by molar-refractivity contribution is 7.15. The monoisotopic (exact) mass is 421 g/mol. The van der Waals surface area contributed by atoms with Crippen LogP contribution < -0.4 is 5.32 Å². The molecule has 0 aliphatic rings. The van der Waals surface area contributed by atoms with Crippen LogP contribution in [0.1, 0.15) is 12.3 Å². The van der Waals surface area contributed by atoms with Gasteiger partial charge in [-0.1, -0.05) is 17.3 Å². The number of nitrogens with one attached hydrogen (secondary N) is 1. The molecular formula is C20H15N5O2S2. The van der Waals surface area contributed by atoms with E-state index in [9.17, 15) is 4.79 Å². The maximum atomic E-state index is 12.2. The average Bonchev–Trinajstić information content (AvgIpc) is 3.51. The van der Waals surface area contributed by atoms with Crippen LogP contribution in [0.2, 0.25) is 0 Å². The zero-order chi connectivity index (χ0) is 19.6. The summed E-state index contributed by atoms with van der Waals surface area (Å²) in [6.07, 6.45) is 4.64. The highest BCUT2D eigenvalue weighted by Gasteiger charge is 2.11. The van der Waals surface area contributed by atoms with Crippen molar-refractivity contribution in [1.82, 2.24) is 19.5 Å². The zero-order valence-corrected chi connectivity index (χ0v) is 16.7. The maximum absolute atomic E-state index is 12.2. The van der Waals surface area contributed by atoms with Crippen molar-refractivity contribution in [2.75, 3.05) is 5.32 Å². The second-order valence-corrected chi connectivity index (χ2v) is 8.02. The molecule has 1 aromatic carbocycles. The summed E-state index contributed by atoms with van der Waals surface area (Å²) >= 11 is 3.17. The number of anilines is 1. The zero-order valence-electron chi connectivity index (χ0n) is 15.1. The first kappa shape index (κ1) is 17.8. The van der Waals surface area contributed by atoms with Crippen LogP contribution in [0.4, 0.5) is 5.69 Å². The summed E-state index contributed by atoms with van der Waals surface area (Å²) in [5, 5.41) is 12.8. The minimum Gasteiger partial charge on any atom is -0.339 e. The summed E-state index contributed by atoms with van der Waals surface area (Å²) in [5.41, 5.74) is 3.58. The van der Waals surface area contributed by atoms with E-state index < -0.39 is 0 Å². The number of thiophene rings is 1. The van der Waals surface area contributed by atoms with Gasteiger partial charge in [0, 0.05) is 52.8 Å². The molecular weight excluding hydrogens is 406 g/mol. The number of imidazole rings is 1. The Morgan fingerprint density at radius 1 is 1.10 bits per heavy atom. The highest BCUT2D eigenvalue weighted by atomic mass is 32.1. The van der Waals surface area contributed by atoms with Crippen molar-refractivity contribution in [3.63, 3.8) is 0 Å². The third-order valence-electron chi connectivity index (χ3n) is 4.37. The molecule has 4 aromatic heterocycles. The van der Waals surface area contributed by atoms with Gasteiger partial charge in [0.25, 0.3) is 0 Å². The number of benzene rings is 1. The molecule has 5 aromatic rings. The molecule has 0 atom stereocenters. The lowest BCUT2D eigenvalue weighted by Gasteiger charge is -2.05. The summed E-state index contributed by atoms with van der Waals surface area (Å²) < 4.78 is 7.22. The predicted octanol–water partition coefficient (Wildman–Crippen LogP) is 4.75. The number of amides is 1. The Morgan fingerprint density at radius 2 is 2.00 bits per heavy atom. The molecule has 7 nitrogen and oxygen atoms in total. The molecule has 0 unspecified atom stereocenters. The minimum absolute atomic E-state index is 0.101. The number of carbonyl (C=O) groups excluding carboxylic acids is 1. The van der Waals surface area contributed by atoms with E-state index >= 15 is 0 Å². The number of hydrogen-bond acceptors (Lipinski definition) is 7. The van der Waals surface area contributed by atoms with Crippen molar-refractivity contribution in [3.8, 4) is 22.6 Å². The third kappa shape index (κ3) is 3.82. The van der Waals surface area contributed by atoms with Gasteiger partial charge in [-0.2, -0.15) is 16.3 Å². The van der Waals surface area contributed by atoms with Crippen LogP contribution >= 0.6 is 22.7 Å². The lowest BCUT2D eigenvalue weighted by molar-refractivity contribution is -0.116. The first-order valence-corrected chi connectivity index (χ1v) is 10.7. The number of rotatable bonds is 6. The molecule has 0 aliphatic carbocycles. The van der Waals surface area contributed by atoms with Crippen LogP contribution in [-0.4, -0.2) is 25.4 Å². The first-order valence-electron chi connectivity index (χ1n) is 8.92. The van der Waals surface area contributed by atoms with Crippen LogP contribution in [0.15, 0.2) is 63.4 Å². The summed E-state index contributed by atoms with van der Waals surface area (Å²) in [7, 11) is 0. The Morgan fingerprint density at radius 3 is 2.79 bits per heavy atom.